The Bertz CT molecular complexity index is 491. The Hall–Kier alpha value is -1.25. The highest BCUT2D eigenvalue weighted by Gasteiger charge is 1.99. The summed E-state index contributed by atoms with van der Waals surface area (Å²) in [6, 6.07) is 11.8. The second kappa shape index (κ2) is 5.39. The van der Waals surface area contributed by atoms with Crippen LogP contribution in [0.25, 0.3) is 0 Å². The van der Waals surface area contributed by atoms with Crippen LogP contribution in [0.15, 0.2) is 42.5 Å². The van der Waals surface area contributed by atoms with E-state index in [0.717, 1.165) is 11.3 Å². The fraction of sp³-hybridized carbons (Fsp3) is 0.0769. The van der Waals surface area contributed by atoms with Crippen molar-refractivity contribution in [2.45, 2.75) is 6.54 Å². The van der Waals surface area contributed by atoms with Crippen molar-refractivity contribution >= 4 is 28.9 Å². The van der Waals surface area contributed by atoms with Crippen LogP contribution in [-0.4, -0.2) is 0 Å². The molecule has 0 unspecified atom stereocenters. The van der Waals surface area contributed by atoms with E-state index in [9.17, 15) is 4.39 Å². The van der Waals surface area contributed by atoms with Crippen molar-refractivity contribution in [1.82, 2.24) is 0 Å². The van der Waals surface area contributed by atoms with E-state index in [0.29, 0.717) is 16.6 Å². The van der Waals surface area contributed by atoms with Gasteiger partial charge in [0.1, 0.15) is 5.82 Å². The van der Waals surface area contributed by atoms with Crippen LogP contribution in [0, 0.1) is 5.82 Å². The molecule has 0 heterocycles. The summed E-state index contributed by atoms with van der Waals surface area (Å²) in [6.07, 6.45) is 0. The van der Waals surface area contributed by atoms with E-state index >= 15 is 0 Å². The summed E-state index contributed by atoms with van der Waals surface area (Å²) in [6.45, 7) is 0.513. The normalized spacial score (nSPS) is 10.3. The maximum Gasteiger partial charge on any atom is 0.125 e. The Morgan fingerprint density at radius 2 is 1.65 bits per heavy atom. The fourth-order valence-corrected chi connectivity index (χ4v) is 1.86. The van der Waals surface area contributed by atoms with Crippen molar-refractivity contribution in [1.29, 1.82) is 0 Å². The van der Waals surface area contributed by atoms with Crippen LogP contribution in [0.5, 0.6) is 0 Å². The van der Waals surface area contributed by atoms with Crippen molar-refractivity contribution in [3.05, 3.63) is 63.9 Å². The lowest BCUT2D eigenvalue weighted by Gasteiger charge is -2.07. The fourth-order valence-electron chi connectivity index (χ4n) is 1.48. The number of halogens is 3. The van der Waals surface area contributed by atoms with Crippen molar-refractivity contribution < 1.29 is 4.39 Å². The van der Waals surface area contributed by atoms with Crippen LogP contribution < -0.4 is 5.32 Å². The first-order valence-electron chi connectivity index (χ1n) is 5.08. The van der Waals surface area contributed by atoms with E-state index in [-0.39, 0.29) is 5.82 Å². The third-order valence-corrected chi connectivity index (χ3v) is 2.73. The lowest BCUT2D eigenvalue weighted by molar-refractivity contribution is 0.626. The van der Waals surface area contributed by atoms with Gasteiger partial charge in [0.2, 0.25) is 0 Å². The van der Waals surface area contributed by atoms with Gasteiger partial charge in [0, 0.05) is 22.3 Å². The average molecular weight is 270 g/mol. The third kappa shape index (κ3) is 3.62. The Morgan fingerprint density at radius 1 is 0.941 bits per heavy atom. The van der Waals surface area contributed by atoms with Gasteiger partial charge in [-0.3, -0.25) is 0 Å². The quantitative estimate of drug-likeness (QED) is 0.849. The predicted octanol–water partition coefficient (Wildman–Crippen LogP) is 4.74. The van der Waals surface area contributed by atoms with Gasteiger partial charge < -0.3 is 5.32 Å². The van der Waals surface area contributed by atoms with Gasteiger partial charge in [0.05, 0.1) is 0 Å². The largest absolute Gasteiger partial charge is 0.381 e. The van der Waals surface area contributed by atoms with Gasteiger partial charge in [-0.05, 0) is 48.0 Å². The molecular weight excluding hydrogens is 260 g/mol. The molecule has 2 rings (SSSR count). The number of anilines is 1. The van der Waals surface area contributed by atoms with Crippen LogP contribution in [-0.2, 0) is 6.54 Å². The van der Waals surface area contributed by atoms with E-state index < -0.39 is 0 Å². The molecule has 88 valence electrons. The number of benzene rings is 2. The summed E-state index contributed by atoms with van der Waals surface area (Å²) < 4.78 is 13.1. The van der Waals surface area contributed by atoms with E-state index in [1.165, 1.54) is 12.1 Å². The highest BCUT2D eigenvalue weighted by atomic mass is 35.5. The minimum atomic E-state index is -0.328. The maximum atomic E-state index is 13.1. The molecule has 17 heavy (non-hydrogen) atoms. The highest BCUT2D eigenvalue weighted by Crippen LogP contribution is 2.17. The number of nitrogens with one attached hydrogen (secondary N) is 1. The zero-order chi connectivity index (χ0) is 12.3. The van der Waals surface area contributed by atoms with Crippen LogP contribution in [0.3, 0.4) is 0 Å². The summed E-state index contributed by atoms with van der Waals surface area (Å²) in [5, 5.41) is 4.24. The molecule has 0 saturated carbocycles. The smallest absolute Gasteiger partial charge is 0.125 e. The van der Waals surface area contributed by atoms with Crippen molar-refractivity contribution in [2.75, 3.05) is 5.32 Å². The Kier molecular flexibility index (Phi) is 3.87. The van der Waals surface area contributed by atoms with Crippen molar-refractivity contribution in [2.24, 2.45) is 0 Å². The molecule has 0 fully saturated rings. The topological polar surface area (TPSA) is 12.0 Å². The molecule has 0 aromatic heterocycles. The second-order valence-electron chi connectivity index (χ2n) is 3.64. The molecule has 0 bridgehead atoms. The van der Waals surface area contributed by atoms with Gasteiger partial charge in [-0.1, -0.05) is 23.2 Å². The van der Waals surface area contributed by atoms with E-state index in [4.69, 9.17) is 23.2 Å². The Morgan fingerprint density at radius 3 is 2.29 bits per heavy atom. The van der Waals surface area contributed by atoms with Gasteiger partial charge in [0.25, 0.3) is 0 Å². The molecule has 0 saturated heterocycles. The monoisotopic (exact) mass is 269 g/mol. The van der Waals surface area contributed by atoms with Crippen LogP contribution in [0.1, 0.15) is 5.56 Å². The van der Waals surface area contributed by atoms with E-state index in [1.807, 2.05) is 12.1 Å². The van der Waals surface area contributed by atoms with Crippen molar-refractivity contribution in [3.63, 3.8) is 0 Å². The lowest BCUT2D eigenvalue weighted by atomic mass is 10.2. The lowest BCUT2D eigenvalue weighted by Crippen LogP contribution is -1.99. The minimum Gasteiger partial charge on any atom is -0.381 e. The number of hydrogen-bond acceptors (Lipinski definition) is 1. The van der Waals surface area contributed by atoms with Crippen LogP contribution >= 0.6 is 23.2 Å². The third-order valence-electron chi connectivity index (χ3n) is 2.26. The molecule has 0 aliphatic carbocycles. The summed E-state index contributed by atoms with van der Waals surface area (Å²) in [7, 11) is 0. The van der Waals surface area contributed by atoms with Crippen molar-refractivity contribution in [3.8, 4) is 0 Å². The molecule has 0 aliphatic heterocycles. The summed E-state index contributed by atoms with van der Waals surface area (Å²) >= 11 is 11.5. The first-order chi connectivity index (χ1) is 8.13. The molecule has 1 nitrogen and oxygen atoms in total. The molecule has 0 aliphatic rings. The van der Waals surface area contributed by atoms with Gasteiger partial charge in [-0.2, -0.15) is 0 Å². The van der Waals surface area contributed by atoms with Gasteiger partial charge in [0.15, 0.2) is 0 Å². The SMILES string of the molecule is Fc1cc(Cl)cc(CNc2ccc(Cl)cc2)c1. The first-order valence-corrected chi connectivity index (χ1v) is 5.83. The zero-order valence-electron chi connectivity index (χ0n) is 8.88. The molecule has 2 aromatic carbocycles. The average Bonchev–Trinajstić information content (AvgIpc) is 2.27. The van der Waals surface area contributed by atoms with Gasteiger partial charge in [-0.25, -0.2) is 4.39 Å². The Balaban J connectivity index is 2.04. The van der Waals surface area contributed by atoms with Crippen LogP contribution in [0.2, 0.25) is 10.0 Å². The zero-order valence-corrected chi connectivity index (χ0v) is 10.4. The number of rotatable bonds is 3. The summed E-state index contributed by atoms with van der Waals surface area (Å²) in [5.74, 6) is -0.328. The Labute approximate surface area is 109 Å². The molecule has 0 atom stereocenters. The van der Waals surface area contributed by atoms with Crippen LogP contribution in [0.4, 0.5) is 10.1 Å². The van der Waals surface area contributed by atoms with Gasteiger partial charge in [-0.15, -0.1) is 0 Å². The number of hydrogen-bond donors (Lipinski definition) is 1. The van der Waals surface area contributed by atoms with E-state index in [1.54, 1.807) is 18.2 Å². The molecular formula is C13H10Cl2FN. The summed E-state index contributed by atoms with van der Waals surface area (Å²) in [4.78, 5) is 0. The minimum absolute atomic E-state index is 0.328. The first kappa shape index (κ1) is 12.2. The van der Waals surface area contributed by atoms with Gasteiger partial charge >= 0.3 is 0 Å². The second-order valence-corrected chi connectivity index (χ2v) is 4.51. The standard InChI is InChI=1S/C13H10Cl2FN/c14-10-1-3-13(4-2-10)17-8-9-5-11(15)7-12(16)6-9/h1-7,17H,8H2. The van der Waals surface area contributed by atoms with E-state index in [2.05, 4.69) is 5.32 Å². The summed E-state index contributed by atoms with van der Waals surface area (Å²) in [5.41, 5.74) is 1.72. The maximum absolute atomic E-state index is 13.1. The highest BCUT2D eigenvalue weighted by molar-refractivity contribution is 6.30. The molecule has 0 radical (unpaired) electrons. The molecule has 1 N–H and O–H groups in total. The molecule has 4 heteroatoms. The molecule has 0 spiro atoms. The predicted molar refractivity (Wildman–Crippen MR) is 70.2 cm³/mol. The molecule has 2 aromatic rings. The molecule has 0 amide bonds.